The number of hydrogen-bond acceptors (Lipinski definition) is 8. The Morgan fingerprint density at radius 1 is 1.35 bits per heavy atom. The highest BCUT2D eigenvalue weighted by atomic mass is 32.2. The molecule has 0 atom stereocenters. The van der Waals surface area contributed by atoms with Gasteiger partial charge in [-0.05, 0) is 12.1 Å². The molecule has 0 spiro atoms. The van der Waals surface area contributed by atoms with Crippen LogP contribution in [0, 0.1) is 0 Å². The molecule has 2 heterocycles. The molecule has 134 valence electrons. The van der Waals surface area contributed by atoms with Gasteiger partial charge in [0.25, 0.3) is 0 Å². The van der Waals surface area contributed by atoms with Gasteiger partial charge in [-0.15, -0.1) is 28.1 Å². The van der Waals surface area contributed by atoms with E-state index in [1.807, 2.05) is 35.7 Å². The molecule has 1 amide bonds. The number of aromatic nitrogens is 3. The van der Waals surface area contributed by atoms with Gasteiger partial charge >= 0.3 is 0 Å². The van der Waals surface area contributed by atoms with Crippen molar-refractivity contribution >= 4 is 56.3 Å². The van der Waals surface area contributed by atoms with Crippen LogP contribution in [-0.4, -0.2) is 27.6 Å². The minimum Gasteiger partial charge on any atom is -0.357 e. The number of thiazole rings is 1. The molecular weight excluding hydrogens is 386 g/mol. The Morgan fingerprint density at radius 2 is 2.15 bits per heavy atom. The Bertz CT molecular complexity index is 877. The summed E-state index contributed by atoms with van der Waals surface area (Å²) < 4.78 is 0.873. The van der Waals surface area contributed by atoms with Gasteiger partial charge in [0.15, 0.2) is 9.47 Å². The average molecular weight is 404 g/mol. The third-order valence-electron chi connectivity index (χ3n) is 3.21. The number of benzene rings is 1. The number of para-hydroxylation sites is 1. The third kappa shape index (κ3) is 4.69. The van der Waals surface area contributed by atoms with Crippen molar-refractivity contribution in [1.29, 1.82) is 0 Å². The standard InChI is InChI=1S/C17H17N5OS3/c1-3-9-18-15-20-21-17(26-15)25-11-13-10-24-16(19-13)22(12(2)23)14-7-5-4-6-8-14/h3-8,10H,1,9,11H2,2H3,(H,18,20). The van der Waals surface area contributed by atoms with Crippen molar-refractivity contribution in [2.45, 2.75) is 17.0 Å². The summed E-state index contributed by atoms with van der Waals surface area (Å²) in [5.74, 6) is 0.611. The van der Waals surface area contributed by atoms with Crippen LogP contribution in [0.25, 0.3) is 0 Å². The number of carbonyl (C=O) groups excluding carboxylic acids is 1. The van der Waals surface area contributed by atoms with Crippen molar-refractivity contribution in [1.82, 2.24) is 15.2 Å². The van der Waals surface area contributed by atoms with Crippen LogP contribution in [0.2, 0.25) is 0 Å². The predicted molar refractivity (Wildman–Crippen MR) is 110 cm³/mol. The molecule has 0 saturated heterocycles. The van der Waals surface area contributed by atoms with Gasteiger partial charge in [-0.1, -0.05) is 47.4 Å². The highest BCUT2D eigenvalue weighted by Crippen LogP contribution is 2.32. The predicted octanol–water partition coefficient (Wildman–Crippen LogP) is 4.57. The Labute approximate surface area is 164 Å². The molecule has 2 aromatic heterocycles. The number of hydrogen-bond donors (Lipinski definition) is 1. The number of nitrogens with zero attached hydrogens (tertiary/aromatic N) is 4. The van der Waals surface area contributed by atoms with E-state index < -0.39 is 0 Å². The molecule has 0 unspecified atom stereocenters. The first-order chi connectivity index (χ1) is 12.7. The highest BCUT2D eigenvalue weighted by molar-refractivity contribution is 8.00. The smallest absolute Gasteiger partial charge is 0.230 e. The van der Waals surface area contributed by atoms with E-state index in [1.165, 1.54) is 22.7 Å². The molecule has 0 fully saturated rings. The summed E-state index contributed by atoms with van der Waals surface area (Å²) in [6.07, 6.45) is 1.78. The van der Waals surface area contributed by atoms with Crippen molar-refractivity contribution in [3.05, 3.63) is 54.1 Å². The molecule has 0 aliphatic heterocycles. The van der Waals surface area contributed by atoms with Crippen LogP contribution in [0.3, 0.4) is 0 Å². The van der Waals surface area contributed by atoms with Crippen molar-refractivity contribution in [2.24, 2.45) is 0 Å². The maximum Gasteiger partial charge on any atom is 0.230 e. The maximum atomic E-state index is 12.1. The lowest BCUT2D eigenvalue weighted by molar-refractivity contribution is -0.115. The minimum absolute atomic E-state index is 0.0631. The topological polar surface area (TPSA) is 71.0 Å². The van der Waals surface area contributed by atoms with Crippen molar-refractivity contribution < 1.29 is 4.79 Å². The molecule has 3 aromatic rings. The molecule has 0 saturated carbocycles. The van der Waals surface area contributed by atoms with Crippen LogP contribution < -0.4 is 10.2 Å². The van der Waals surface area contributed by atoms with E-state index in [4.69, 9.17) is 0 Å². The van der Waals surface area contributed by atoms with E-state index in [-0.39, 0.29) is 5.91 Å². The number of amides is 1. The molecule has 0 aliphatic carbocycles. The summed E-state index contributed by atoms with van der Waals surface area (Å²) in [6.45, 7) is 5.87. The van der Waals surface area contributed by atoms with Crippen LogP contribution >= 0.6 is 34.4 Å². The van der Waals surface area contributed by atoms with Crippen LogP contribution in [0.4, 0.5) is 16.0 Å². The summed E-state index contributed by atoms with van der Waals surface area (Å²) in [5, 5.41) is 14.8. The number of anilines is 3. The quantitative estimate of drug-likeness (QED) is 0.439. The van der Waals surface area contributed by atoms with Crippen LogP contribution in [0.5, 0.6) is 0 Å². The molecule has 1 aromatic carbocycles. The Hall–Kier alpha value is -2.23. The number of nitrogens with one attached hydrogen (secondary N) is 1. The fourth-order valence-electron chi connectivity index (χ4n) is 2.10. The van der Waals surface area contributed by atoms with Gasteiger partial charge in [-0.25, -0.2) is 4.98 Å². The summed E-state index contributed by atoms with van der Waals surface area (Å²) >= 11 is 4.53. The molecule has 0 bridgehead atoms. The van der Waals surface area contributed by atoms with Gasteiger partial charge in [-0.2, -0.15) is 0 Å². The summed E-state index contributed by atoms with van der Waals surface area (Å²) in [7, 11) is 0. The Balaban J connectivity index is 1.66. The van der Waals surface area contributed by atoms with E-state index in [0.29, 0.717) is 17.4 Å². The normalized spacial score (nSPS) is 10.5. The van der Waals surface area contributed by atoms with Crippen LogP contribution in [0.15, 0.2) is 52.7 Å². The van der Waals surface area contributed by atoms with Gasteiger partial charge in [0.05, 0.1) is 11.4 Å². The van der Waals surface area contributed by atoms with Gasteiger partial charge < -0.3 is 5.32 Å². The second kappa shape index (κ2) is 8.93. The zero-order chi connectivity index (χ0) is 18.4. The van der Waals surface area contributed by atoms with E-state index >= 15 is 0 Å². The fourth-order valence-corrected chi connectivity index (χ4v) is 4.75. The van der Waals surface area contributed by atoms with Gasteiger partial charge in [0, 0.05) is 24.6 Å². The van der Waals surface area contributed by atoms with E-state index in [0.717, 1.165) is 20.9 Å². The van der Waals surface area contributed by atoms with Crippen molar-refractivity contribution in [3.8, 4) is 0 Å². The monoisotopic (exact) mass is 403 g/mol. The molecule has 9 heteroatoms. The SMILES string of the molecule is C=CCNc1nnc(SCc2csc(N(C(C)=O)c3ccccc3)n2)s1. The van der Waals surface area contributed by atoms with Crippen molar-refractivity contribution in [3.63, 3.8) is 0 Å². The minimum atomic E-state index is -0.0631. The van der Waals surface area contributed by atoms with Gasteiger partial charge in [0.2, 0.25) is 11.0 Å². The molecule has 0 radical (unpaired) electrons. The van der Waals surface area contributed by atoms with Gasteiger partial charge in [0.1, 0.15) is 0 Å². The molecule has 26 heavy (non-hydrogen) atoms. The van der Waals surface area contributed by atoms with E-state index in [1.54, 1.807) is 29.7 Å². The summed E-state index contributed by atoms with van der Waals surface area (Å²) in [6, 6.07) is 9.53. The molecule has 0 aliphatic rings. The van der Waals surface area contributed by atoms with Crippen molar-refractivity contribution in [2.75, 3.05) is 16.8 Å². The average Bonchev–Trinajstić information content (AvgIpc) is 3.28. The number of rotatable bonds is 8. The second-order valence-electron chi connectivity index (χ2n) is 5.14. The largest absolute Gasteiger partial charge is 0.357 e. The molecule has 6 nitrogen and oxygen atoms in total. The maximum absolute atomic E-state index is 12.1. The zero-order valence-corrected chi connectivity index (χ0v) is 16.5. The Morgan fingerprint density at radius 3 is 2.88 bits per heavy atom. The molecular formula is C17H17N5OS3. The van der Waals surface area contributed by atoms with Crippen LogP contribution in [-0.2, 0) is 10.5 Å². The third-order valence-corrected chi connectivity index (χ3v) is 6.13. The summed E-state index contributed by atoms with van der Waals surface area (Å²) in [4.78, 5) is 18.3. The first kappa shape index (κ1) is 18.6. The number of thioether (sulfide) groups is 1. The van der Waals surface area contributed by atoms with Crippen LogP contribution in [0.1, 0.15) is 12.6 Å². The van der Waals surface area contributed by atoms with E-state index in [9.17, 15) is 4.79 Å². The molecule has 1 N–H and O–H groups in total. The first-order valence-electron chi connectivity index (χ1n) is 7.78. The first-order valence-corrected chi connectivity index (χ1v) is 10.5. The fraction of sp³-hybridized carbons (Fsp3) is 0.176. The van der Waals surface area contributed by atoms with Gasteiger partial charge in [-0.3, -0.25) is 9.69 Å². The lowest BCUT2D eigenvalue weighted by Gasteiger charge is -2.17. The zero-order valence-electron chi connectivity index (χ0n) is 14.1. The number of carbonyl (C=O) groups is 1. The lowest BCUT2D eigenvalue weighted by Crippen LogP contribution is -2.22. The van der Waals surface area contributed by atoms with E-state index in [2.05, 4.69) is 27.1 Å². The highest BCUT2D eigenvalue weighted by Gasteiger charge is 2.17. The summed E-state index contributed by atoms with van der Waals surface area (Å²) in [5.41, 5.74) is 1.73. The Kier molecular flexibility index (Phi) is 6.37. The molecule has 3 rings (SSSR count). The second-order valence-corrected chi connectivity index (χ2v) is 8.18. The lowest BCUT2D eigenvalue weighted by atomic mass is 10.3.